The van der Waals surface area contributed by atoms with Gasteiger partial charge in [-0.25, -0.2) is 9.78 Å². The van der Waals surface area contributed by atoms with Crippen molar-refractivity contribution in [2.45, 2.75) is 19.6 Å². The fourth-order valence-electron chi connectivity index (χ4n) is 1.92. The molecule has 0 fully saturated rings. The van der Waals surface area contributed by atoms with E-state index < -0.39 is 24.6 Å². The number of rotatable bonds is 7. The molecule has 1 heterocycles. The van der Waals surface area contributed by atoms with Crippen molar-refractivity contribution in [2.75, 3.05) is 5.32 Å². The molecule has 0 spiro atoms. The number of carbonyl (C=O) groups is 2. The molecule has 1 aromatic carbocycles. The summed E-state index contributed by atoms with van der Waals surface area (Å²) in [6.07, 6.45) is 2.68. The summed E-state index contributed by atoms with van der Waals surface area (Å²) in [4.78, 5) is 27.8. The van der Waals surface area contributed by atoms with Gasteiger partial charge in [-0.3, -0.25) is 4.79 Å². The van der Waals surface area contributed by atoms with Crippen LogP contribution in [0.4, 0.5) is 14.6 Å². The van der Waals surface area contributed by atoms with Crippen molar-refractivity contribution in [1.82, 2.24) is 4.98 Å². The molecule has 1 N–H and O–H groups in total. The molecule has 148 valence electrons. The molecule has 6 nitrogen and oxygen atoms in total. The van der Waals surface area contributed by atoms with E-state index in [1.807, 2.05) is 0 Å². The molecule has 0 saturated heterocycles. The molecule has 1 unspecified atom stereocenters. The van der Waals surface area contributed by atoms with E-state index in [9.17, 15) is 18.4 Å². The van der Waals surface area contributed by atoms with Gasteiger partial charge in [0, 0.05) is 12.3 Å². The average molecular weight is 431 g/mol. The van der Waals surface area contributed by atoms with Crippen LogP contribution in [0.15, 0.2) is 42.6 Å². The summed E-state index contributed by atoms with van der Waals surface area (Å²) in [5.41, 5.74) is 0.549. The number of anilines is 1. The third-order valence-electron chi connectivity index (χ3n) is 3.23. The zero-order valence-electron chi connectivity index (χ0n) is 14.4. The molecule has 0 radical (unpaired) electrons. The van der Waals surface area contributed by atoms with E-state index in [4.69, 9.17) is 27.9 Å². The number of carbonyl (C=O) groups excluding carboxylic acids is 2. The van der Waals surface area contributed by atoms with E-state index in [0.717, 1.165) is 6.08 Å². The van der Waals surface area contributed by atoms with E-state index in [0.29, 0.717) is 10.6 Å². The van der Waals surface area contributed by atoms with Crippen molar-refractivity contribution in [3.8, 4) is 5.75 Å². The fourth-order valence-corrected chi connectivity index (χ4v) is 2.34. The monoisotopic (exact) mass is 430 g/mol. The highest BCUT2D eigenvalue weighted by molar-refractivity contribution is 6.36. The van der Waals surface area contributed by atoms with E-state index in [1.165, 1.54) is 49.5 Å². The number of aromatic nitrogens is 1. The third-order valence-corrected chi connectivity index (χ3v) is 3.72. The first-order valence-electron chi connectivity index (χ1n) is 7.80. The highest BCUT2D eigenvalue weighted by Crippen LogP contribution is 2.22. The molecule has 2 aromatic rings. The van der Waals surface area contributed by atoms with Gasteiger partial charge in [0.15, 0.2) is 11.9 Å². The predicted molar refractivity (Wildman–Crippen MR) is 101 cm³/mol. The number of hydrogen-bond donors (Lipinski definition) is 1. The first kappa shape index (κ1) is 21.6. The van der Waals surface area contributed by atoms with Crippen LogP contribution in [0.3, 0.4) is 0 Å². The second-order valence-corrected chi connectivity index (χ2v) is 6.18. The summed E-state index contributed by atoms with van der Waals surface area (Å²) >= 11 is 11.6. The Balaban J connectivity index is 1.88. The first-order chi connectivity index (χ1) is 13.2. The number of esters is 1. The minimum atomic E-state index is -2.91. The number of nitrogens with zero attached hydrogens (tertiary/aromatic N) is 1. The zero-order valence-corrected chi connectivity index (χ0v) is 15.9. The molecule has 0 bridgehead atoms. The van der Waals surface area contributed by atoms with Crippen LogP contribution >= 0.6 is 23.2 Å². The lowest BCUT2D eigenvalue weighted by Crippen LogP contribution is -2.29. The number of halogens is 4. The summed E-state index contributed by atoms with van der Waals surface area (Å²) in [7, 11) is 0. The molecule has 10 heteroatoms. The van der Waals surface area contributed by atoms with Crippen LogP contribution in [-0.4, -0.2) is 29.6 Å². The average Bonchev–Trinajstić information content (AvgIpc) is 2.63. The van der Waals surface area contributed by atoms with Crippen molar-refractivity contribution in [3.63, 3.8) is 0 Å². The van der Waals surface area contributed by atoms with Gasteiger partial charge in [0.2, 0.25) is 0 Å². The molecule has 0 aliphatic heterocycles. The Bertz CT molecular complexity index is 876. The fraction of sp³-hybridized carbons (Fsp3) is 0.167. The highest BCUT2D eigenvalue weighted by Gasteiger charge is 2.18. The minimum absolute atomic E-state index is 0.00510. The number of amides is 1. The SMILES string of the molecule is CC(OC(=O)/C=C/c1ccc(OC(F)F)cc1)C(=O)Nc1ncc(Cl)cc1Cl. The smallest absolute Gasteiger partial charge is 0.387 e. The summed E-state index contributed by atoms with van der Waals surface area (Å²) < 4.78 is 33.4. The molecule has 1 atom stereocenters. The maximum atomic E-state index is 12.1. The maximum absolute atomic E-state index is 12.1. The summed E-state index contributed by atoms with van der Waals surface area (Å²) in [5.74, 6) is -1.33. The lowest BCUT2D eigenvalue weighted by Gasteiger charge is -2.12. The summed E-state index contributed by atoms with van der Waals surface area (Å²) in [6, 6.07) is 7.02. The van der Waals surface area contributed by atoms with Crippen molar-refractivity contribution in [2.24, 2.45) is 0 Å². The Hall–Kier alpha value is -2.71. The van der Waals surface area contributed by atoms with E-state index in [-0.39, 0.29) is 16.6 Å². The van der Waals surface area contributed by atoms with Gasteiger partial charge in [-0.2, -0.15) is 8.78 Å². The summed E-state index contributed by atoms with van der Waals surface area (Å²) in [6.45, 7) is -1.54. The van der Waals surface area contributed by atoms with Crippen molar-refractivity contribution < 1.29 is 27.8 Å². The standard InChI is InChI=1S/C18H14Cl2F2N2O4/c1-10(17(26)24-16-14(20)8-12(19)9-23-16)27-15(25)7-4-11-2-5-13(6-3-11)28-18(21)22/h2-10,18H,1H3,(H,23,24,26)/b7-4+. The molecule has 1 aromatic heterocycles. The van der Waals surface area contributed by atoms with Gasteiger partial charge in [0.25, 0.3) is 5.91 Å². The van der Waals surface area contributed by atoms with Crippen LogP contribution in [0.5, 0.6) is 5.75 Å². The van der Waals surface area contributed by atoms with Gasteiger partial charge in [0.1, 0.15) is 5.75 Å². The molecular weight excluding hydrogens is 417 g/mol. The van der Waals surface area contributed by atoms with E-state index >= 15 is 0 Å². The van der Waals surface area contributed by atoms with Crippen molar-refractivity contribution >= 4 is 47.0 Å². The molecule has 0 aliphatic carbocycles. The van der Waals surface area contributed by atoms with Crippen molar-refractivity contribution in [3.05, 3.63) is 58.2 Å². The topological polar surface area (TPSA) is 77.5 Å². The Morgan fingerprint density at radius 1 is 1.21 bits per heavy atom. The van der Waals surface area contributed by atoms with Crippen LogP contribution in [0.25, 0.3) is 6.08 Å². The largest absolute Gasteiger partial charge is 0.449 e. The highest BCUT2D eigenvalue weighted by atomic mass is 35.5. The minimum Gasteiger partial charge on any atom is -0.449 e. The van der Waals surface area contributed by atoms with Gasteiger partial charge in [-0.05, 0) is 36.8 Å². The molecule has 0 aliphatic rings. The normalized spacial score (nSPS) is 12.1. The maximum Gasteiger partial charge on any atom is 0.387 e. The number of ether oxygens (including phenoxy) is 2. The zero-order chi connectivity index (χ0) is 20.7. The Labute approximate surface area is 169 Å². The van der Waals surface area contributed by atoms with Gasteiger partial charge >= 0.3 is 12.6 Å². The number of benzene rings is 1. The van der Waals surface area contributed by atoms with Crippen LogP contribution in [-0.2, 0) is 14.3 Å². The van der Waals surface area contributed by atoms with Crippen LogP contribution in [0, 0.1) is 0 Å². The van der Waals surface area contributed by atoms with Crippen LogP contribution in [0.2, 0.25) is 10.0 Å². The van der Waals surface area contributed by atoms with E-state index in [1.54, 1.807) is 0 Å². The Kier molecular flexibility index (Phi) is 7.71. The van der Waals surface area contributed by atoms with Crippen molar-refractivity contribution in [1.29, 1.82) is 0 Å². The second kappa shape index (κ2) is 10.0. The summed E-state index contributed by atoms with van der Waals surface area (Å²) in [5, 5.41) is 2.87. The molecule has 1 amide bonds. The molecular formula is C18H14Cl2F2N2O4. The number of nitrogens with one attached hydrogen (secondary N) is 1. The van der Waals surface area contributed by atoms with Gasteiger partial charge < -0.3 is 14.8 Å². The second-order valence-electron chi connectivity index (χ2n) is 5.33. The lowest BCUT2D eigenvalue weighted by atomic mass is 10.2. The van der Waals surface area contributed by atoms with Gasteiger partial charge in [-0.15, -0.1) is 0 Å². The molecule has 0 saturated carbocycles. The number of pyridine rings is 1. The van der Waals surface area contributed by atoms with Gasteiger partial charge in [0.05, 0.1) is 10.0 Å². The number of hydrogen-bond acceptors (Lipinski definition) is 5. The van der Waals surface area contributed by atoms with Gasteiger partial charge in [-0.1, -0.05) is 35.3 Å². The Morgan fingerprint density at radius 3 is 2.50 bits per heavy atom. The first-order valence-corrected chi connectivity index (χ1v) is 8.55. The number of alkyl halides is 2. The molecule has 2 rings (SSSR count). The molecule has 28 heavy (non-hydrogen) atoms. The van der Waals surface area contributed by atoms with Crippen LogP contribution < -0.4 is 10.1 Å². The third kappa shape index (κ3) is 6.79. The predicted octanol–water partition coefficient (Wildman–Crippen LogP) is 4.57. The van der Waals surface area contributed by atoms with Crippen LogP contribution in [0.1, 0.15) is 12.5 Å². The quantitative estimate of drug-likeness (QED) is 0.513. The lowest BCUT2D eigenvalue weighted by molar-refractivity contribution is -0.148. The van der Waals surface area contributed by atoms with E-state index in [2.05, 4.69) is 15.0 Å². The Morgan fingerprint density at radius 2 is 1.89 bits per heavy atom.